The van der Waals surface area contributed by atoms with E-state index < -0.39 is 13.7 Å². The fourth-order valence-corrected chi connectivity index (χ4v) is 4.82. The molecule has 0 saturated heterocycles. The molecule has 1 aromatic heterocycles. The van der Waals surface area contributed by atoms with Crippen LogP contribution < -0.4 is 5.19 Å². The van der Waals surface area contributed by atoms with Crippen molar-refractivity contribution in [3.05, 3.63) is 95.8 Å². The molecule has 122 valence electrons. The van der Waals surface area contributed by atoms with E-state index in [1.54, 1.807) is 6.20 Å². The standard InChI is InChI=1S/C21H23NOSi/c1-24(2,3)19-14-8-7-13-18(19)21(23,17-11-5-4-6-12-17)20-15-9-10-16-22-20/h4-16,23H,1-3H3. The van der Waals surface area contributed by atoms with Crippen molar-refractivity contribution in [1.82, 2.24) is 4.98 Å². The van der Waals surface area contributed by atoms with Gasteiger partial charge < -0.3 is 5.11 Å². The number of rotatable bonds is 4. The molecule has 1 heterocycles. The molecule has 1 N–H and O–H groups in total. The molecule has 3 aromatic rings. The highest BCUT2D eigenvalue weighted by atomic mass is 28.3. The Morgan fingerprint density at radius 3 is 2.04 bits per heavy atom. The monoisotopic (exact) mass is 333 g/mol. The van der Waals surface area contributed by atoms with Crippen molar-refractivity contribution in [3.8, 4) is 0 Å². The highest BCUT2D eigenvalue weighted by molar-refractivity contribution is 6.89. The molecule has 0 radical (unpaired) electrons. The zero-order valence-corrected chi connectivity index (χ0v) is 15.4. The molecule has 1 unspecified atom stereocenters. The second kappa shape index (κ2) is 6.34. The van der Waals surface area contributed by atoms with Crippen molar-refractivity contribution in [2.24, 2.45) is 0 Å². The Morgan fingerprint density at radius 1 is 0.792 bits per heavy atom. The van der Waals surface area contributed by atoms with Gasteiger partial charge in [-0.25, -0.2) is 0 Å². The maximum absolute atomic E-state index is 11.9. The van der Waals surface area contributed by atoms with Crippen LogP contribution in [-0.4, -0.2) is 18.2 Å². The SMILES string of the molecule is C[Si](C)(C)c1ccccc1C(O)(c1ccccc1)c1ccccn1. The van der Waals surface area contributed by atoms with Gasteiger partial charge in [0.25, 0.3) is 0 Å². The second-order valence-corrected chi connectivity index (χ2v) is 12.1. The van der Waals surface area contributed by atoms with Crippen molar-refractivity contribution in [3.63, 3.8) is 0 Å². The summed E-state index contributed by atoms with van der Waals surface area (Å²) in [5, 5.41) is 13.2. The third kappa shape index (κ3) is 2.93. The first kappa shape index (κ1) is 16.6. The summed E-state index contributed by atoms with van der Waals surface area (Å²) in [7, 11) is -1.64. The number of pyridine rings is 1. The van der Waals surface area contributed by atoms with Gasteiger partial charge in [0, 0.05) is 6.20 Å². The second-order valence-electron chi connectivity index (χ2n) is 7.09. The number of hydrogen-bond acceptors (Lipinski definition) is 2. The van der Waals surface area contributed by atoms with E-state index in [0.29, 0.717) is 5.69 Å². The van der Waals surface area contributed by atoms with Gasteiger partial charge in [0.15, 0.2) is 5.60 Å². The van der Waals surface area contributed by atoms with Crippen LogP contribution >= 0.6 is 0 Å². The van der Waals surface area contributed by atoms with Gasteiger partial charge in [0.05, 0.1) is 13.8 Å². The number of aliphatic hydroxyl groups is 1. The molecule has 0 bridgehead atoms. The average Bonchev–Trinajstić information content (AvgIpc) is 2.62. The molecule has 2 nitrogen and oxygen atoms in total. The van der Waals surface area contributed by atoms with Crippen molar-refractivity contribution in [2.75, 3.05) is 0 Å². The lowest BCUT2D eigenvalue weighted by atomic mass is 9.83. The topological polar surface area (TPSA) is 33.1 Å². The fraction of sp³-hybridized carbons (Fsp3) is 0.190. The number of hydrogen-bond donors (Lipinski definition) is 1. The molecule has 0 aliphatic rings. The molecular formula is C21H23NOSi. The van der Waals surface area contributed by atoms with Crippen LogP contribution in [-0.2, 0) is 5.60 Å². The molecule has 0 spiro atoms. The van der Waals surface area contributed by atoms with Gasteiger partial charge in [0.1, 0.15) is 0 Å². The molecule has 24 heavy (non-hydrogen) atoms. The zero-order chi connectivity index (χ0) is 17.2. The van der Waals surface area contributed by atoms with Crippen LogP contribution in [0, 0.1) is 0 Å². The first-order chi connectivity index (χ1) is 11.4. The summed E-state index contributed by atoms with van der Waals surface area (Å²) in [5.41, 5.74) is 1.18. The Morgan fingerprint density at radius 2 is 1.42 bits per heavy atom. The molecule has 3 rings (SSSR count). The Labute approximate surface area is 144 Å². The minimum Gasteiger partial charge on any atom is -0.374 e. The van der Waals surface area contributed by atoms with Crippen LogP contribution in [0.25, 0.3) is 0 Å². The molecule has 0 amide bonds. The molecule has 0 fully saturated rings. The number of benzene rings is 2. The summed E-state index contributed by atoms with van der Waals surface area (Å²) in [4.78, 5) is 4.49. The van der Waals surface area contributed by atoms with Crippen LogP contribution in [0.4, 0.5) is 0 Å². The van der Waals surface area contributed by atoms with Crippen LogP contribution in [0.5, 0.6) is 0 Å². The zero-order valence-electron chi connectivity index (χ0n) is 14.4. The van der Waals surface area contributed by atoms with Gasteiger partial charge in [-0.3, -0.25) is 4.98 Å². The Bertz CT molecular complexity index is 771. The summed E-state index contributed by atoms with van der Waals surface area (Å²) in [6.45, 7) is 6.90. The number of nitrogens with zero attached hydrogens (tertiary/aromatic N) is 1. The average molecular weight is 334 g/mol. The molecule has 0 saturated carbocycles. The van der Waals surface area contributed by atoms with Crippen molar-refractivity contribution < 1.29 is 5.11 Å². The van der Waals surface area contributed by atoms with Crippen molar-refractivity contribution in [1.29, 1.82) is 0 Å². The smallest absolute Gasteiger partial charge is 0.157 e. The predicted octanol–water partition coefficient (Wildman–Crippen LogP) is 3.91. The quantitative estimate of drug-likeness (QED) is 0.734. The predicted molar refractivity (Wildman–Crippen MR) is 102 cm³/mol. The molecule has 2 aromatic carbocycles. The minimum absolute atomic E-state index is 0.655. The first-order valence-electron chi connectivity index (χ1n) is 8.23. The van der Waals surface area contributed by atoms with E-state index in [4.69, 9.17) is 0 Å². The highest BCUT2D eigenvalue weighted by Gasteiger charge is 2.38. The molecule has 1 atom stereocenters. The first-order valence-corrected chi connectivity index (χ1v) is 11.7. The fourth-order valence-electron chi connectivity index (χ4n) is 3.15. The lowest BCUT2D eigenvalue weighted by Crippen LogP contribution is -2.46. The van der Waals surface area contributed by atoms with Crippen LogP contribution in [0.1, 0.15) is 16.8 Å². The van der Waals surface area contributed by atoms with Gasteiger partial charge in [-0.05, 0) is 23.3 Å². The third-order valence-electron chi connectivity index (χ3n) is 4.35. The molecule has 3 heteroatoms. The summed E-state index contributed by atoms with van der Waals surface area (Å²) < 4.78 is 0. The Balaban J connectivity index is 2.33. The summed E-state index contributed by atoms with van der Waals surface area (Å²) >= 11 is 0. The van der Waals surface area contributed by atoms with E-state index in [1.165, 1.54) is 5.19 Å². The van der Waals surface area contributed by atoms with Crippen LogP contribution in [0.2, 0.25) is 19.6 Å². The summed E-state index contributed by atoms with van der Waals surface area (Å²) in [5.74, 6) is 0. The number of aromatic nitrogens is 1. The molecule has 0 aliphatic carbocycles. The maximum Gasteiger partial charge on any atom is 0.157 e. The molecule has 0 aliphatic heterocycles. The van der Waals surface area contributed by atoms with Crippen molar-refractivity contribution >= 4 is 13.3 Å². The van der Waals surface area contributed by atoms with Gasteiger partial charge >= 0.3 is 0 Å². The highest BCUT2D eigenvalue weighted by Crippen LogP contribution is 2.35. The Hall–Kier alpha value is -2.23. The van der Waals surface area contributed by atoms with Crippen LogP contribution in [0.3, 0.4) is 0 Å². The van der Waals surface area contributed by atoms with Gasteiger partial charge in [-0.1, -0.05) is 85.5 Å². The van der Waals surface area contributed by atoms with Gasteiger partial charge in [-0.2, -0.15) is 0 Å². The van der Waals surface area contributed by atoms with E-state index in [-0.39, 0.29) is 0 Å². The van der Waals surface area contributed by atoms with E-state index in [1.807, 2.05) is 60.7 Å². The summed E-state index contributed by atoms with van der Waals surface area (Å²) in [6, 6.07) is 23.8. The minimum atomic E-state index is -1.64. The lowest BCUT2D eigenvalue weighted by molar-refractivity contribution is 0.122. The normalized spacial score (nSPS) is 14.2. The largest absolute Gasteiger partial charge is 0.374 e. The Kier molecular flexibility index (Phi) is 4.39. The van der Waals surface area contributed by atoms with E-state index in [9.17, 15) is 5.11 Å². The molecular weight excluding hydrogens is 310 g/mol. The van der Waals surface area contributed by atoms with Gasteiger partial charge in [-0.15, -0.1) is 0 Å². The van der Waals surface area contributed by atoms with E-state index in [2.05, 4.69) is 36.8 Å². The van der Waals surface area contributed by atoms with Crippen LogP contribution in [0.15, 0.2) is 79.0 Å². The van der Waals surface area contributed by atoms with E-state index in [0.717, 1.165) is 11.1 Å². The van der Waals surface area contributed by atoms with Gasteiger partial charge in [0.2, 0.25) is 0 Å². The third-order valence-corrected chi connectivity index (χ3v) is 6.40. The maximum atomic E-state index is 11.9. The summed E-state index contributed by atoms with van der Waals surface area (Å²) in [6.07, 6.45) is 1.74. The van der Waals surface area contributed by atoms with E-state index >= 15 is 0 Å². The lowest BCUT2D eigenvalue weighted by Gasteiger charge is -2.33. The van der Waals surface area contributed by atoms with Crippen molar-refractivity contribution in [2.45, 2.75) is 25.2 Å².